The van der Waals surface area contributed by atoms with Crippen LogP contribution in [0.2, 0.25) is 5.02 Å². The molecule has 3 aromatic heterocycles. The molecule has 4 aromatic rings. The van der Waals surface area contributed by atoms with Crippen molar-refractivity contribution >= 4 is 28.8 Å². The zero-order valence-electron chi connectivity index (χ0n) is 15.4. The van der Waals surface area contributed by atoms with Crippen LogP contribution in [0.3, 0.4) is 0 Å². The zero-order chi connectivity index (χ0) is 20.5. The van der Waals surface area contributed by atoms with Crippen molar-refractivity contribution in [3.63, 3.8) is 0 Å². The average molecular weight is 406 g/mol. The number of anilines is 2. The Labute approximate surface area is 170 Å². The number of nitrogens with two attached hydrogens (primary N) is 1. The second-order valence-corrected chi connectivity index (χ2v) is 6.82. The molecule has 4 rings (SSSR count). The minimum atomic E-state index is -0.394. The van der Waals surface area contributed by atoms with Crippen LogP contribution in [0.5, 0.6) is 0 Å². The molecule has 0 radical (unpaired) electrons. The van der Waals surface area contributed by atoms with Gasteiger partial charge in [-0.15, -0.1) is 0 Å². The Kier molecular flexibility index (Phi) is 4.66. The lowest BCUT2D eigenvalue weighted by molar-refractivity contribution is 0.753. The highest BCUT2D eigenvalue weighted by Gasteiger charge is 2.20. The summed E-state index contributed by atoms with van der Waals surface area (Å²) in [7, 11) is 0. The Morgan fingerprint density at radius 2 is 2.00 bits per heavy atom. The van der Waals surface area contributed by atoms with Gasteiger partial charge in [0.05, 0.1) is 16.8 Å². The summed E-state index contributed by atoms with van der Waals surface area (Å²) in [6.07, 6.45) is 4.84. The predicted octanol–water partition coefficient (Wildman–Crippen LogP) is 3.16. The molecule has 1 atom stereocenters. The normalized spacial score (nSPS) is 11.9. The molecule has 0 aliphatic rings. The van der Waals surface area contributed by atoms with Gasteiger partial charge in [0.15, 0.2) is 0 Å². The highest BCUT2D eigenvalue weighted by Crippen LogP contribution is 2.25. The summed E-state index contributed by atoms with van der Waals surface area (Å²) < 4.78 is 3.28. The Morgan fingerprint density at radius 3 is 2.72 bits per heavy atom. The van der Waals surface area contributed by atoms with E-state index >= 15 is 0 Å². The van der Waals surface area contributed by atoms with Crippen LogP contribution in [-0.4, -0.2) is 18.9 Å². The molecule has 144 valence electrons. The maximum Gasteiger partial charge on any atom is 0.281 e. The van der Waals surface area contributed by atoms with Gasteiger partial charge >= 0.3 is 0 Å². The van der Waals surface area contributed by atoms with Gasteiger partial charge in [0, 0.05) is 18.1 Å². The second-order valence-electron chi connectivity index (χ2n) is 6.41. The number of hydrogen-bond donors (Lipinski definition) is 2. The van der Waals surface area contributed by atoms with Crippen molar-refractivity contribution < 1.29 is 0 Å². The topological polar surface area (TPSA) is 114 Å². The number of rotatable bonds is 4. The van der Waals surface area contributed by atoms with Gasteiger partial charge < -0.3 is 15.5 Å². The van der Waals surface area contributed by atoms with E-state index in [1.54, 1.807) is 21.2 Å². The monoisotopic (exact) mass is 405 g/mol. The second kappa shape index (κ2) is 7.30. The van der Waals surface area contributed by atoms with Crippen molar-refractivity contribution in [1.82, 2.24) is 18.9 Å². The van der Waals surface area contributed by atoms with Gasteiger partial charge in [-0.1, -0.05) is 29.8 Å². The van der Waals surface area contributed by atoms with E-state index in [0.717, 1.165) is 0 Å². The molecule has 8 nitrogen and oxygen atoms in total. The number of nitrogens with one attached hydrogen (secondary N) is 1. The number of fused-ring (bicyclic) bond motifs is 1. The first-order chi connectivity index (χ1) is 14.0. The van der Waals surface area contributed by atoms with Crippen molar-refractivity contribution in [2.45, 2.75) is 13.0 Å². The third kappa shape index (κ3) is 3.17. The standard InChI is InChI=1S/C20H16ClN7O/c1-12(26-19-14(9-22)18(23)24-11-25-19)16-10-27-8-7-15(21)17(27)20(29)28(16)13-5-3-2-4-6-13/h2-8,10-12H,1H3,(H3,23,24,25,26). The highest BCUT2D eigenvalue weighted by atomic mass is 35.5. The molecule has 0 amide bonds. The molecule has 1 aromatic carbocycles. The van der Waals surface area contributed by atoms with Gasteiger partial charge in [0.2, 0.25) is 0 Å². The first-order valence-electron chi connectivity index (χ1n) is 8.76. The van der Waals surface area contributed by atoms with Crippen molar-refractivity contribution in [3.8, 4) is 11.8 Å². The molecule has 0 spiro atoms. The van der Waals surface area contributed by atoms with E-state index in [-0.39, 0.29) is 16.9 Å². The SMILES string of the molecule is CC(Nc1ncnc(N)c1C#N)c1cn2ccc(Cl)c2c(=O)n1-c1ccccc1. The summed E-state index contributed by atoms with van der Waals surface area (Å²) in [5, 5.41) is 12.9. The molecule has 0 saturated carbocycles. The minimum absolute atomic E-state index is 0.0882. The summed E-state index contributed by atoms with van der Waals surface area (Å²) >= 11 is 6.24. The lowest BCUT2D eigenvalue weighted by Crippen LogP contribution is -2.27. The Balaban J connectivity index is 1.90. The zero-order valence-corrected chi connectivity index (χ0v) is 16.1. The van der Waals surface area contributed by atoms with Crippen LogP contribution in [0.4, 0.5) is 11.6 Å². The van der Waals surface area contributed by atoms with Crippen LogP contribution in [0, 0.1) is 11.3 Å². The molecule has 3 N–H and O–H groups in total. The average Bonchev–Trinajstić information content (AvgIpc) is 3.10. The van der Waals surface area contributed by atoms with Gasteiger partial charge in [-0.25, -0.2) is 9.97 Å². The summed E-state index contributed by atoms with van der Waals surface area (Å²) in [5.41, 5.74) is 7.42. The van der Waals surface area contributed by atoms with Crippen LogP contribution in [0.1, 0.15) is 24.2 Å². The molecule has 0 aliphatic heterocycles. The van der Waals surface area contributed by atoms with Gasteiger partial charge in [-0.3, -0.25) is 9.36 Å². The highest BCUT2D eigenvalue weighted by molar-refractivity contribution is 6.33. The number of halogens is 1. The van der Waals surface area contributed by atoms with E-state index in [4.69, 9.17) is 17.3 Å². The van der Waals surface area contributed by atoms with Crippen LogP contribution in [0.25, 0.3) is 11.2 Å². The van der Waals surface area contributed by atoms with Crippen LogP contribution in [-0.2, 0) is 0 Å². The van der Waals surface area contributed by atoms with Crippen molar-refractivity contribution in [1.29, 1.82) is 5.26 Å². The molecule has 9 heteroatoms. The maximum absolute atomic E-state index is 13.3. The van der Waals surface area contributed by atoms with Crippen LogP contribution >= 0.6 is 11.6 Å². The molecule has 0 aliphatic carbocycles. The maximum atomic E-state index is 13.3. The molecular weight excluding hydrogens is 390 g/mol. The third-order valence-corrected chi connectivity index (χ3v) is 4.91. The summed E-state index contributed by atoms with van der Waals surface area (Å²) in [5.74, 6) is 0.385. The van der Waals surface area contributed by atoms with Gasteiger partial charge in [0.25, 0.3) is 5.56 Å². The fraction of sp³-hybridized carbons (Fsp3) is 0.100. The van der Waals surface area contributed by atoms with Crippen molar-refractivity contribution in [3.05, 3.63) is 81.8 Å². The number of aromatic nitrogens is 4. The number of nitrogens with zero attached hydrogens (tertiary/aromatic N) is 5. The Hall–Kier alpha value is -3.83. The van der Waals surface area contributed by atoms with E-state index < -0.39 is 6.04 Å². The Bertz CT molecular complexity index is 1300. The molecule has 1 unspecified atom stereocenters. The lowest BCUT2D eigenvalue weighted by Gasteiger charge is -2.21. The lowest BCUT2D eigenvalue weighted by atomic mass is 10.2. The molecule has 3 heterocycles. The van der Waals surface area contributed by atoms with E-state index in [9.17, 15) is 10.1 Å². The molecule has 0 bridgehead atoms. The van der Waals surface area contributed by atoms with Crippen molar-refractivity contribution in [2.24, 2.45) is 0 Å². The van der Waals surface area contributed by atoms with Gasteiger partial charge in [0.1, 0.15) is 35.1 Å². The predicted molar refractivity (Wildman–Crippen MR) is 111 cm³/mol. The minimum Gasteiger partial charge on any atom is -0.382 e. The number of nitriles is 1. The number of hydrogen-bond acceptors (Lipinski definition) is 6. The molecule has 0 saturated heterocycles. The summed E-state index contributed by atoms with van der Waals surface area (Å²) in [6.45, 7) is 1.87. The van der Waals surface area contributed by atoms with Gasteiger partial charge in [-0.2, -0.15) is 5.26 Å². The van der Waals surface area contributed by atoms with E-state index in [1.165, 1.54) is 6.33 Å². The van der Waals surface area contributed by atoms with E-state index in [1.807, 2.05) is 49.5 Å². The molecule has 29 heavy (non-hydrogen) atoms. The first kappa shape index (κ1) is 18.5. The number of para-hydroxylation sites is 1. The van der Waals surface area contributed by atoms with Crippen molar-refractivity contribution in [2.75, 3.05) is 11.1 Å². The van der Waals surface area contributed by atoms with Crippen LogP contribution in [0.15, 0.2) is 59.9 Å². The summed E-state index contributed by atoms with van der Waals surface area (Å²) in [4.78, 5) is 21.3. The molecular formula is C20H16ClN7O. The third-order valence-electron chi connectivity index (χ3n) is 4.60. The Morgan fingerprint density at radius 1 is 1.24 bits per heavy atom. The molecule has 0 fully saturated rings. The summed E-state index contributed by atoms with van der Waals surface area (Å²) in [6, 6.07) is 12.6. The fourth-order valence-electron chi connectivity index (χ4n) is 3.21. The van der Waals surface area contributed by atoms with Crippen LogP contribution < -0.4 is 16.6 Å². The smallest absolute Gasteiger partial charge is 0.281 e. The van der Waals surface area contributed by atoms with Gasteiger partial charge in [-0.05, 0) is 25.1 Å². The number of benzene rings is 1. The van der Waals surface area contributed by atoms with E-state index in [0.29, 0.717) is 27.7 Å². The fourth-order valence-corrected chi connectivity index (χ4v) is 3.45. The van der Waals surface area contributed by atoms with E-state index in [2.05, 4.69) is 15.3 Å². The quantitative estimate of drug-likeness (QED) is 0.539. The first-order valence-corrected chi connectivity index (χ1v) is 9.13. The largest absolute Gasteiger partial charge is 0.382 e. The number of nitrogen functional groups attached to an aromatic ring is 1.